The molecule has 2 aromatic rings. The molecule has 18 heavy (non-hydrogen) atoms. The van der Waals surface area contributed by atoms with Gasteiger partial charge in [-0.2, -0.15) is 0 Å². The largest absolute Gasteiger partial charge is 0.347 e. The van der Waals surface area contributed by atoms with Crippen molar-refractivity contribution in [1.82, 2.24) is 20.3 Å². The van der Waals surface area contributed by atoms with Gasteiger partial charge in [0.25, 0.3) is 5.91 Å². The molecule has 0 saturated carbocycles. The van der Waals surface area contributed by atoms with Gasteiger partial charge >= 0.3 is 0 Å². The number of hydrogen-bond acceptors (Lipinski definition) is 3. The summed E-state index contributed by atoms with van der Waals surface area (Å²) < 4.78 is 0.539. The van der Waals surface area contributed by atoms with Gasteiger partial charge in [-0.05, 0) is 34.5 Å². The summed E-state index contributed by atoms with van der Waals surface area (Å²) in [5.41, 5.74) is 0.516. The third-order valence-electron chi connectivity index (χ3n) is 2.57. The van der Waals surface area contributed by atoms with Crippen LogP contribution in [0.3, 0.4) is 0 Å². The van der Waals surface area contributed by atoms with Crippen LogP contribution < -0.4 is 5.32 Å². The monoisotopic (exact) mass is 308 g/mol. The van der Waals surface area contributed by atoms with Crippen molar-refractivity contribution in [3.05, 3.63) is 46.7 Å². The number of nitrogens with zero attached hydrogens (tertiary/aromatic N) is 2. The molecule has 0 aliphatic heterocycles. The predicted molar refractivity (Wildman–Crippen MR) is 71.0 cm³/mol. The minimum Gasteiger partial charge on any atom is -0.347 e. The van der Waals surface area contributed by atoms with Crippen molar-refractivity contribution in [2.75, 3.05) is 0 Å². The Balaban J connectivity index is 2.14. The van der Waals surface area contributed by atoms with Gasteiger partial charge in [0.1, 0.15) is 10.4 Å². The molecule has 6 heteroatoms. The van der Waals surface area contributed by atoms with Crippen LogP contribution in [-0.2, 0) is 0 Å². The standard InChI is InChI=1S/C12H13BrN4O/c1-2-9(11-15-6-7-16-11)17-12(18)8-4-3-5-14-10(8)13/h3-7,9H,2H2,1H3,(H,15,16)(H,17,18). The molecule has 2 heterocycles. The number of aromatic nitrogens is 3. The van der Waals surface area contributed by atoms with Crippen LogP contribution in [-0.4, -0.2) is 20.9 Å². The molecule has 5 nitrogen and oxygen atoms in total. The lowest BCUT2D eigenvalue weighted by Crippen LogP contribution is -2.29. The fraction of sp³-hybridized carbons (Fsp3) is 0.250. The van der Waals surface area contributed by atoms with Crippen molar-refractivity contribution in [3.63, 3.8) is 0 Å². The highest BCUT2D eigenvalue weighted by Crippen LogP contribution is 2.16. The fourth-order valence-corrected chi connectivity index (χ4v) is 2.05. The number of hydrogen-bond donors (Lipinski definition) is 2. The van der Waals surface area contributed by atoms with Gasteiger partial charge in [0.05, 0.1) is 11.6 Å². The summed E-state index contributed by atoms with van der Waals surface area (Å²) in [5.74, 6) is 0.587. The van der Waals surface area contributed by atoms with Crippen LogP contribution in [0, 0.1) is 0 Å². The Labute approximate surface area is 113 Å². The van der Waals surface area contributed by atoms with Gasteiger partial charge in [-0.1, -0.05) is 6.92 Å². The van der Waals surface area contributed by atoms with E-state index in [0.717, 1.165) is 12.2 Å². The molecule has 1 unspecified atom stereocenters. The van der Waals surface area contributed by atoms with Crippen LogP contribution in [0.15, 0.2) is 35.3 Å². The van der Waals surface area contributed by atoms with Crippen molar-refractivity contribution in [2.24, 2.45) is 0 Å². The van der Waals surface area contributed by atoms with Gasteiger partial charge in [0, 0.05) is 18.6 Å². The number of amides is 1. The maximum atomic E-state index is 12.1. The highest BCUT2D eigenvalue weighted by Gasteiger charge is 2.17. The number of rotatable bonds is 4. The first-order chi connectivity index (χ1) is 8.72. The Morgan fingerprint density at radius 1 is 1.50 bits per heavy atom. The van der Waals surface area contributed by atoms with Crippen LogP contribution >= 0.6 is 15.9 Å². The summed E-state index contributed by atoms with van der Waals surface area (Å²) in [6.45, 7) is 1.99. The first kappa shape index (κ1) is 12.8. The molecule has 0 saturated heterocycles. The molecule has 0 radical (unpaired) electrons. The lowest BCUT2D eigenvalue weighted by molar-refractivity contribution is 0.0932. The van der Waals surface area contributed by atoms with Crippen LogP contribution in [0.4, 0.5) is 0 Å². The zero-order valence-electron chi connectivity index (χ0n) is 9.85. The maximum Gasteiger partial charge on any atom is 0.254 e. The van der Waals surface area contributed by atoms with Crippen LogP contribution in [0.25, 0.3) is 0 Å². The third-order valence-corrected chi connectivity index (χ3v) is 3.20. The van der Waals surface area contributed by atoms with Crippen molar-refractivity contribution >= 4 is 21.8 Å². The molecule has 1 atom stereocenters. The Morgan fingerprint density at radius 2 is 2.33 bits per heavy atom. The molecule has 94 valence electrons. The number of nitrogens with one attached hydrogen (secondary N) is 2. The highest BCUT2D eigenvalue weighted by molar-refractivity contribution is 9.10. The summed E-state index contributed by atoms with van der Waals surface area (Å²) in [4.78, 5) is 23.3. The molecule has 2 rings (SSSR count). The van der Waals surface area contributed by atoms with Crippen LogP contribution in [0.5, 0.6) is 0 Å². The first-order valence-corrected chi connectivity index (χ1v) is 6.42. The van der Waals surface area contributed by atoms with Crippen LogP contribution in [0.2, 0.25) is 0 Å². The lowest BCUT2D eigenvalue weighted by Gasteiger charge is -2.14. The number of carbonyl (C=O) groups is 1. The molecule has 0 bridgehead atoms. The highest BCUT2D eigenvalue weighted by atomic mass is 79.9. The molecule has 2 N–H and O–H groups in total. The number of carbonyl (C=O) groups excluding carboxylic acids is 1. The van der Waals surface area contributed by atoms with Gasteiger partial charge in [-0.25, -0.2) is 9.97 Å². The van der Waals surface area contributed by atoms with Crippen molar-refractivity contribution in [1.29, 1.82) is 0 Å². The SMILES string of the molecule is CCC(NC(=O)c1cccnc1Br)c1ncc[nH]1. The zero-order valence-corrected chi connectivity index (χ0v) is 11.4. The molecule has 0 aromatic carbocycles. The Bertz CT molecular complexity index is 527. The second kappa shape index (κ2) is 5.77. The molecule has 0 fully saturated rings. The van der Waals surface area contributed by atoms with Gasteiger partial charge in [0.2, 0.25) is 0 Å². The Hall–Kier alpha value is -1.69. The normalized spacial score (nSPS) is 12.1. The molecular weight excluding hydrogens is 296 g/mol. The van der Waals surface area contributed by atoms with E-state index in [0.29, 0.717) is 10.2 Å². The summed E-state index contributed by atoms with van der Waals surface area (Å²) in [7, 11) is 0. The number of halogens is 1. The Morgan fingerprint density at radius 3 is 2.94 bits per heavy atom. The number of pyridine rings is 1. The molecule has 0 spiro atoms. The van der Waals surface area contributed by atoms with E-state index < -0.39 is 0 Å². The fourth-order valence-electron chi connectivity index (χ4n) is 1.62. The van der Waals surface area contributed by atoms with E-state index in [1.54, 1.807) is 30.7 Å². The smallest absolute Gasteiger partial charge is 0.254 e. The van der Waals surface area contributed by atoms with E-state index in [1.807, 2.05) is 6.92 Å². The second-order valence-electron chi connectivity index (χ2n) is 3.75. The molecule has 0 aliphatic rings. The molecule has 1 amide bonds. The summed E-state index contributed by atoms with van der Waals surface area (Å²) in [5, 5.41) is 2.92. The summed E-state index contributed by atoms with van der Waals surface area (Å²) in [6.07, 6.45) is 5.80. The molecular formula is C12H13BrN4O. The van der Waals surface area contributed by atoms with Crippen molar-refractivity contribution < 1.29 is 4.79 Å². The lowest BCUT2D eigenvalue weighted by atomic mass is 10.2. The van der Waals surface area contributed by atoms with Gasteiger partial charge in [0.15, 0.2) is 0 Å². The topological polar surface area (TPSA) is 70.7 Å². The van der Waals surface area contributed by atoms with E-state index in [4.69, 9.17) is 0 Å². The third kappa shape index (κ3) is 2.76. The number of aromatic amines is 1. The quantitative estimate of drug-likeness (QED) is 0.852. The van der Waals surface area contributed by atoms with E-state index in [9.17, 15) is 4.79 Å². The van der Waals surface area contributed by atoms with Crippen molar-refractivity contribution in [3.8, 4) is 0 Å². The molecule has 2 aromatic heterocycles. The summed E-state index contributed by atoms with van der Waals surface area (Å²) in [6, 6.07) is 3.33. The number of imidazole rings is 1. The summed E-state index contributed by atoms with van der Waals surface area (Å²) >= 11 is 3.26. The van der Waals surface area contributed by atoms with Crippen LogP contribution in [0.1, 0.15) is 35.6 Å². The predicted octanol–water partition coefficient (Wildman–Crippen LogP) is 2.45. The van der Waals surface area contributed by atoms with Gasteiger partial charge < -0.3 is 10.3 Å². The van der Waals surface area contributed by atoms with Crippen molar-refractivity contribution in [2.45, 2.75) is 19.4 Å². The second-order valence-corrected chi connectivity index (χ2v) is 4.50. The van der Waals surface area contributed by atoms with E-state index >= 15 is 0 Å². The first-order valence-electron chi connectivity index (χ1n) is 5.63. The van der Waals surface area contributed by atoms with E-state index in [2.05, 4.69) is 36.2 Å². The minimum absolute atomic E-state index is 0.125. The Kier molecular flexibility index (Phi) is 4.09. The van der Waals surface area contributed by atoms with Gasteiger partial charge in [-0.3, -0.25) is 4.79 Å². The molecule has 0 aliphatic carbocycles. The maximum absolute atomic E-state index is 12.1. The zero-order chi connectivity index (χ0) is 13.0. The van der Waals surface area contributed by atoms with Gasteiger partial charge in [-0.15, -0.1) is 0 Å². The van der Waals surface area contributed by atoms with E-state index in [1.165, 1.54) is 0 Å². The average Bonchev–Trinajstić information content (AvgIpc) is 2.90. The number of H-pyrrole nitrogens is 1. The van der Waals surface area contributed by atoms with E-state index in [-0.39, 0.29) is 11.9 Å². The average molecular weight is 309 g/mol. The minimum atomic E-state index is -0.168.